The van der Waals surface area contributed by atoms with Crippen LogP contribution >= 0.6 is 11.6 Å². The Balaban J connectivity index is 1.97. The highest BCUT2D eigenvalue weighted by Gasteiger charge is 2.41. The van der Waals surface area contributed by atoms with Crippen LogP contribution in [0.25, 0.3) is 0 Å². The smallest absolute Gasteiger partial charge is 0.352 e. The second kappa shape index (κ2) is 3.52. The minimum Gasteiger partial charge on any atom is -0.477 e. The van der Waals surface area contributed by atoms with Gasteiger partial charge in [0.15, 0.2) is 0 Å². The first kappa shape index (κ1) is 10.2. The van der Waals surface area contributed by atoms with Gasteiger partial charge in [0.05, 0.1) is 5.02 Å². The zero-order valence-corrected chi connectivity index (χ0v) is 9.65. The summed E-state index contributed by atoms with van der Waals surface area (Å²) in [6.07, 6.45) is 6.72. The fraction of sp³-hybridized carbons (Fsp3) is 0.583. The van der Waals surface area contributed by atoms with Crippen molar-refractivity contribution >= 4 is 17.6 Å². The van der Waals surface area contributed by atoms with Gasteiger partial charge in [-0.3, -0.25) is 0 Å². The normalized spacial score (nSPS) is 32.2. The summed E-state index contributed by atoms with van der Waals surface area (Å²) in [7, 11) is 0. The summed E-state index contributed by atoms with van der Waals surface area (Å²) in [5, 5.41) is 9.66. The lowest BCUT2D eigenvalue weighted by Gasteiger charge is -2.24. The second-order valence-corrected chi connectivity index (χ2v) is 5.43. The van der Waals surface area contributed by atoms with Crippen molar-refractivity contribution in [3.63, 3.8) is 0 Å². The largest absolute Gasteiger partial charge is 0.477 e. The second-order valence-electron chi connectivity index (χ2n) is 5.00. The van der Waals surface area contributed by atoms with Gasteiger partial charge >= 0.3 is 5.97 Å². The first-order chi connectivity index (χ1) is 7.65. The molecule has 0 amide bonds. The molecular weight excluding hydrogens is 226 g/mol. The number of nitrogens with zero attached hydrogens (tertiary/aromatic N) is 1. The summed E-state index contributed by atoms with van der Waals surface area (Å²) in [5.74, 6) is 0.582. The Hall–Kier alpha value is -0.960. The minimum absolute atomic E-state index is 0.336. The summed E-state index contributed by atoms with van der Waals surface area (Å²) in [5.41, 5.74) is 0.336. The molecular formula is C12H14ClNO2. The van der Waals surface area contributed by atoms with Crippen LogP contribution in [0.3, 0.4) is 0 Å². The van der Waals surface area contributed by atoms with Crippen LogP contribution in [0.1, 0.15) is 42.2 Å². The van der Waals surface area contributed by atoms with Crippen LogP contribution < -0.4 is 0 Å². The van der Waals surface area contributed by atoms with Crippen molar-refractivity contribution in [2.45, 2.75) is 31.7 Å². The Kier molecular flexibility index (Phi) is 2.25. The quantitative estimate of drug-likeness (QED) is 0.861. The van der Waals surface area contributed by atoms with Crippen molar-refractivity contribution in [1.29, 1.82) is 0 Å². The molecule has 0 saturated heterocycles. The van der Waals surface area contributed by atoms with E-state index in [1.54, 1.807) is 12.3 Å². The van der Waals surface area contributed by atoms with Gasteiger partial charge in [-0.25, -0.2) is 4.79 Å². The average molecular weight is 240 g/mol. The highest BCUT2D eigenvalue weighted by atomic mass is 35.5. The minimum atomic E-state index is -0.880. The van der Waals surface area contributed by atoms with Gasteiger partial charge in [0, 0.05) is 12.2 Å². The highest BCUT2D eigenvalue weighted by molar-refractivity contribution is 6.30. The van der Waals surface area contributed by atoms with Gasteiger partial charge in [0.1, 0.15) is 5.69 Å². The Morgan fingerprint density at radius 2 is 2.25 bits per heavy atom. The van der Waals surface area contributed by atoms with E-state index >= 15 is 0 Å². The van der Waals surface area contributed by atoms with Crippen molar-refractivity contribution in [1.82, 2.24) is 4.57 Å². The Bertz CT molecular complexity index is 440. The van der Waals surface area contributed by atoms with Crippen molar-refractivity contribution in [2.75, 3.05) is 0 Å². The summed E-state index contributed by atoms with van der Waals surface area (Å²) >= 11 is 5.91. The molecule has 2 aliphatic rings. The zero-order valence-electron chi connectivity index (χ0n) is 8.90. The third-order valence-corrected chi connectivity index (χ3v) is 4.30. The third kappa shape index (κ3) is 1.46. The number of halogens is 1. The summed E-state index contributed by atoms with van der Waals surface area (Å²) < 4.78 is 1.88. The fourth-order valence-electron chi connectivity index (χ4n) is 3.44. The number of carboxylic acids is 1. The number of carboxylic acid groups (broad SMARTS) is 1. The maximum Gasteiger partial charge on any atom is 0.352 e. The Morgan fingerprint density at radius 3 is 2.81 bits per heavy atom. The summed E-state index contributed by atoms with van der Waals surface area (Å²) in [6.45, 7) is 0. The number of carbonyl (C=O) groups is 1. The van der Waals surface area contributed by atoms with Crippen molar-refractivity contribution in [3.8, 4) is 0 Å². The fourth-order valence-corrected chi connectivity index (χ4v) is 3.65. The number of fused-ring (bicyclic) bond motifs is 2. The molecule has 3 atom stereocenters. The van der Waals surface area contributed by atoms with Crippen LogP contribution in [0.2, 0.25) is 5.02 Å². The van der Waals surface area contributed by atoms with Gasteiger partial charge in [-0.15, -0.1) is 0 Å². The zero-order chi connectivity index (χ0) is 11.3. The summed E-state index contributed by atoms with van der Waals surface area (Å²) in [4.78, 5) is 11.1. The first-order valence-corrected chi connectivity index (χ1v) is 6.13. The average Bonchev–Trinajstić information content (AvgIpc) is 2.89. The molecule has 3 nitrogen and oxygen atoms in total. The van der Waals surface area contributed by atoms with Crippen LogP contribution in [0.5, 0.6) is 0 Å². The molecule has 0 radical (unpaired) electrons. The molecule has 1 aromatic heterocycles. The molecule has 2 aliphatic carbocycles. The van der Waals surface area contributed by atoms with Gasteiger partial charge in [-0.1, -0.05) is 18.0 Å². The van der Waals surface area contributed by atoms with Gasteiger partial charge in [-0.05, 0) is 37.2 Å². The maximum atomic E-state index is 11.1. The number of aromatic carboxylic acids is 1. The van der Waals surface area contributed by atoms with Gasteiger partial charge < -0.3 is 9.67 Å². The monoisotopic (exact) mass is 239 g/mol. The molecule has 0 aliphatic heterocycles. The Morgan fingerprint density at radius 1 is 1.44 bits per heavy atom. The first-order valence-electron chi connectivity index (χ1n) is 5.76. The predicted molar refractivity (Wildman–Crippen MR) is 60.9 cm³/mol. The lowest BCUT2D eigenvalue weighted by molar-refractivity contribution is 0.0680. The van der Waals surface area contributed by atoms with Crippen LogP contribution in [0, 0.1) is 11.8 Å². The number of rotatable bonds is 2. The van der Waals surface area contributed by atoms with Crippen molar-refractivity contribution in [2.24, 2.45) is 11.8 Å². The maximum absolute atomic E-state index is 11.1. The molecule has 16 heavy (non-hydrogen) atoms. The van der Waals surface area contributed by atoms with Crippen LogP contribution in [-0.2, 0) is 0 Å². The van der Waals surface area contributed by atoms with E-state index in [2.05, 4.69) is 0 Å². The molecule has 2 bridgehead atoms. The van der Waals surface area contributed by atoms with Crippen LogP contribution in [0.15, 0.2) is 12.3 Å². The Labute approximate surface area is 99.0 Å². The third-order valence-electron chi connectivity index (χ3n) is 4.09. The lowest BCUT2D eigenvalue weighted by atomic mass is 9.95. The molecule has 2 fully saturated rings. The molecule has 1 N–H and O–H groups in total. The van der Waals surface area contributed by atoms with Gasteiger partial charge in [0.2, 0.25) is 0 Å². The summed E-state index contributed by atoms with van der Waals surface area (Å²) in [6, 6.07) is 1.91. The van der Waals surface area contributed by atoms with Crippen LogP contribution in [0.4, 0.5) is 0 Å². The molecule has 2 saturated carbocycles. The van der Waals surface area contributed by atoms with Crippen molar-refractivity contribution < 1.29 is 9.90 Å². The van der Waals surface area contributed by atoms with E-state index in [-0.39, 0.29) is 0 Å². The molecule has 0 aromatic carbocycles. The van der Waals surface area contributed by atoms with E-state index in [9.17, 15) is 4.79 Å². The van der Waals surface area contributed by atoms with E-state index in [0.717, 1.165) is 12.3 Å². The molecule has 1 aromatic rings. The number of hydrogen-bond acceptors (Lipinski definition) is 1. The molecule has 0 spiro atoms. The van der Waals surface area contributed by atoms with Crippen LogP contribution in [-0.4, -0.2) is 15.6 Å². The SMILES string of the molecule is O=C(O)c1cc(Cl)cn1C1CC2CCC1C2. The number of aromatic nitrogens is 1. The van der Waals surface area contributed by atoms with E-state index in [1.165, 1.54) is 19.3 Å². The molecule has 4 heteroatoms. The van der Waals surface area contributed by atoms with E-state index in [1.807, 2.05) is 4.57 Å². The van der Waals surface area contributed by atoms with Crippen molar-refractivity contribution in [3.05, 3.63) is 23.0 Å². The molecule has 3 unspecified atom stereocenters. The highest BCUT2D eigenvalue weighted by Crippen LogP contribution is 2.51. The topological polar surface area (TPSA) is 42.2 Å². The number of hydrogen-bond donors (Lipinski definition) is 1. The standard InChI is InChI=1S/C12H14ClNO2/c13-9-5-11(12(15)16)14(6-9)10-4-7-1-2-8(10)3-7/h5-8,10H,1-4H2,(H,15,16). The lowest BCUT2D eigenvalue weighted by Crippen LogP contribution is -2.19. The van der Waals surface area contributed by atoms with Gasteiger partial charge in [-0.2, -0.15) is 0 Å². The van der Waals surface area contributed by atoms with Gasteiger partial charge in [0.25, 0.3) is 0 Å². The molecule has 1 heterocycles. The predicted octanol–water partition coefficient (Wildman–Crippen LogP) is 3.20. The molecule has 3 rings (SSSR count). The molecule has 86 valence electrons. The van der Waals surface area contributed by atoms with E-state index in [0.29, 0.717) is 22.7 Å². The van der Waals surface area contributed by atoms with E-state index < -0.39 is 5.97 Å². The van der Waals surface area contributed by atoms with E-state index in [4.69, 9.17) is 16.7 Å².